The third kappa shape index (κ3) is 2.97. The van der Waals surface area contributed by atoms with Crippen LogP contribution in [0.15, 0.2) is 23.1 Å². The number of pyridine rings is 1. The van der Waals surface area contributed by atoms with Gasteiger partial charge in [0.15, 0.2) is 0 Å². The summed E-state index contributed by atoms with van der Waals surface area (Å²) < 4.78 is 0. The molecule has 6 nitrogen and oxygen atoms in total. The van der Waals surface area contributed by atoms with Crippen LogP contribution in [0.4, 0.5) is 5.82 Å². The first kappa shape index (κ1) is 13.2. The van der Waals surface area contributed by atoms with Crippen LogP contribution in [0.3, 0.4) is 0 Å². The van der Waals surface area contributed by atoms with Crippen molar-refractivity contribution in [1.82, 2.24) is 15.0 Å². The number of anilines is 1. The molecule has 19 heavy (non-hydrogen) atoms. The number of hydrogen-bond acceptors (Lipinski definition) is 5. The molecule has 3 N–H and O–H groups in total. The zero-order chi connectivity index (χ0) is 13.8. The Morgan fingerprint density at radius 2 is 2.16 bits per heavy atom. The van der Waals surface area contributed by atoms with Gasteiger partial charge in [-0.05, 0) is 26.0 Å². The van der Waals surface area contributed by atoms with E-state index in [2.05, 4.69) is 20.3 Å². The van der Waals surface area contributed by atoms with E-state index in [0.29, 0.717) is 29.4 Å². The molecule has 6 heteroatoms. The van der Waals surface area contributed by atoms with Gasteiger partial charge in [-0.1, -0.05) is 0 Å². The summed E-state index contributed by atoms with van der Waals surface area (Å²) in [6.45, 7) is 4.05. The highest BCUT2D eigenvalue weighted by molar-refractivity contribution is 5.56. The molecule has 2 aromatic rings. The molecule has 0 radical (unpaired) electrons. The minimum Gasteiger partial charge on any atom is -0.395 e. The van der Waals surface area contributed by atoms with Crippen LogP contribution in [0.1, 0.15) is 11.3 Å². The lowest BCUT2D eigenvalue weighted by atomic mass is 10.2. The smallest absolute Gasteiger partial charge is 0.254 e. The zero-order valence-corrected chi connectivity index (χ0v) is 10.9. The molecule has 0 bridgehead atoms. The maximum atomic E-state index is 11.7. The summed E-state index contributed by atoms with van der Waals surface area (Å²) in [4.78, 5) is 22.9. The fourth-order valence-electron chi connectivity index (χ4n) is 1.60. The van der Waals surface area contributed by atoms with E-state index in [9.17, 15) is 4.79 Å². The van der Waals surface area contributed by atoms with Crippen LogP contribution in [-0.2, 0) is 0 Å². The zero-order valence-electron chi connectivity index (χ0n) is 10.9. The van der Waals surface area contributed by atoms with Crippen LogP contribution in [0.5, 0.6) is 0 Å². The minimum absolute atomic E-state index is 0.0511. The minimum atomic E-state index is -0.134. The van der Waals surface area contributed by atoms with Gasteiger partial charge in [0.25, 0.3) is 5.56 Å². The third-order valence-corrected chi connectivity index (χ3v) is 2.85. The molecule has 0 fully saturated rings. The summed E-state index contributed by atoms with van der Waals surface area (Å²) in [5, 5.41) is 11.7. The molecule has 0 aliphatic rings. The van der Waals surface area contributed by atoms with Crippen LogP contribution >= 0.6 is 0 Å². The number of aromatic amines is 1. The van der Waals surface area contributed by atoms with Crippen molar-refractivity contribution in [2.45, 2.75) is 13.8 Å². The standard InChI is InChI=1S/C13H16N4O2/c1-8-9(2)16-12(17-13(8)19)10-3-4-11(15-7-10)14-5-6-18/h3-4,7,18H,5-6H2,1-2H3,(H,14,15)(H,16,17,19). The van der Waals surface area contributed by atoms with E-state index in [1.165, 1.54) is 0 Å². The van der Waals surface area contributed by atoms with E-state index >= 15 is 0 Å². The molecule has 0 saturated carbocycles. The molecule has 0 amide bonds. The second-order valence-corrected chi connectivity index (χ2v) is 4.21. The van der Waals surface area contributed by atoms with Gasteiger partial charge in [-0.3, -0.25) is 4.79 Å². The van der Waals surface area contributed by atoms with Crippen molar-refractivity contribution >= 4 is 5.82 Å². The summed E-state index contributed by atoms with van der Waals surface area (Å²) in [6.07, 6.45) is 1.63. The average Bonchev–Trinajstić information content (AvgIpc) is 2.42. The fourth-order valence-corrected chi connectivity index (χ4v) is 1.60. The van der Waals surface area contributed by atoms with Crippen LogP contribution < -0.4 is 10.9 Å². The lowest BCUT2D eigenvalue weighted by molar-refractivity contribution is 0.311. The van der Waals surface area contributed by atoms with Crippen molar-refractivity contribution in [2.75, 3.05) is 18.5 Å². The quantitative estimate of drug-likeness (QED) is 0.758. The summed E-state index contributed by atoms with van der Waals surface area (Å²) in [6, 6.07) is 3.60. The Balaban J connectivity index is 2.30. The molecule has 0 aliphatic heterocycles. The van der Waals surface area contributed by atoms with E-state index in [0.717, 1.165) is 5.56 Å². The topological polar surface area (TPSA) is 90.9 Å². The first-order chi connectivity index (χ1) is 9.11. The van der Waals surface area contributed by atoms with E-state index < -0.39 is 0 Å². The van der Waals surface area contributed by atoms with Crippen LogP contribution in [0.2, 0.25) is 0 Å². The SMILES string of the molecule is Cc1nc(-c2ccc(NCCO)nc2)[nH]c(=O)c1C. The van der Waals surface area contributed by atoms with Crippen molar-refractivity contribution in [1.29, 1.82) is 0 Å². The van der Waals surface area contributed by atoms with E-state index in [1.807, 2.05) is 6.07 Å². The molecule has 2 heterocycles. The number of aromatic nitrogens is 3. The number of H-pyrrole nitrogens is 1. The monoisotopic (exact) mass is 260 g/mol. The first-order valence-corrected chi connectivity index (χ1v) is 6.00. The van der Waals surface area contributed by atoms with Crippen molar-refractivity contribution in [3.63, 3.8) is 0 Å². The molecule has 2 rings (SSSR count). The normalized spacial score (nSPS) is 10.5. The summed E-state index contributed by atoms with van der Waals surface area (Å²) in [7, 11) is 0. The van der Waals surface area contributed by atoms with E-state index in [1.54, 1.807) is 26.1 Å². The molecular weight excluding hydrogens is 244 g/mol. The number of rotatable bonds is 4. The Morgan fingerprint density at radius 1 is 1.37 bits per heavy atom. The molecule has 0 spiro atoms. The van der Waals surface area contributed by atoms with E-state index in [4.69, 9.17) is 5.11 Å². The Labute approximate surface area is 110 Å². The summed E-state index contributed by atoms with van der Waals surface area (Å²) in [5.74, 6) is 1.18. The van der Waals surface area contributed by atoms with Gasteiger partial charge < -0.3 is 15.4 Å². The first-order valence-electron chi connectivity index (χ1n) is 6.00. The highest BCUT2D eigenvalue weighted by Crippen LogP contribution is 2.15. The number of aryl methyl sites for hydroxylation is 1. The van der Waals surface area contributed by atoms with Crippen LogP contribution in [0.25, 0.3) is 11.4 Å². The number of aliphatic hydroxyl groups is 1. The average molecular weight is 260 g/mol. The second kappa shape index (κ2) is 5.62. The Bertz CT molecular complexity index is 620. The van der Waals surface area contributed by atoms with Crippen LogP contribution in [-0.4, -0.2) is 33.2 Å². The Kier molecular flexibility index (Phi) is 3.91. The van der Waals surface area contributed by atoms with Gasteiger partial charge in [-0.25, -0.2) is 9.97 Å². The highest BCUT2D eigenvalue weighted by atomic mass is 16.3. The molecule has 2 aromatic heterocycles. The molecule has 0 saturated heterocycles. The van der Waals surface area contributed by atoms with Crippen molar-refractivity contribution in [3.05, 3.63) is 39.9 Å². The van der Waals surface area contributed by atoms with Gasteiger partial charge >= 0.3 is 0 Å². The number of nitrogens with one attached hydrogen (secondary N) is 2. The summed E-state index contributed by atoms with van der Waals surface area (Å²) in [5.41, 5.74) is 1.94. The van der Waals surface area contributed by atoms with Gasteiger partial charge in [0.1, 0.15) is 11.6 Å². The maximum absolute atomic E-state index is 11.7. The number of hydrogen-bond donors (Lipinski definition) is 3. The lowest BCUT2D eigenvalue weighted by Gasteiger charge is -2.06. The molecular formula is C13H16N4O2. The largest absolute Gasteiger partial charge is 0.395 e. The van der Waals surface area contributed by atoms with Crippen molar-refractivity contribution in [2.24, 2.45) is 0 Å². The Hall–Kier alpha value is -2.21. The van der Waals surface area contributed by atoms with Gasteiger partial charge in [-0.2, -0.15) is 0 Å². The van der Waals surface area contributed by atoms with Gasteiger partial charge in [-0.15, -0.1) is 0 Å². The van der Waals surface area contributed by atoms with Crippen LogP contribution in [0, 0.1) is 13.8 Å². The van der Waals surface area contributed by atoms with Crippen molar-refractivity contribution in [3.8, 4) is 11.4 Å². The Morgan fingerprint density at radius 3 is 2.74 bits per heavy atom. The van der Waals surface area contributed by atoms with Crippen molar-refractivity contribution < 1.29 is 5.11 Å². The predicted octanol–water partition coefficient (Wildman–Crippen LogP) is 0.853. The highest BCUT2D eigenvalue weighted by Gasteiger charge is 2.06. The van der Waals surface area contributed by atoms with Gasteiger partial charge in [0.2, 0.25) is 0 Å². The van der Waals surface area contributed by atoms with Gasteiger partial charge in [0, 0.05) is 29.6 Å². The number of aliphatic hydroxyl groups excluding tert-OH is 1. The maximum Gasteiger partial charge on any atom is 0.254 e. The molecule has 100 valence electrons. The lowest BCUT2D eigenvalue weighted by Crippen LogP contribution is -2.14. The molecule has 0 aliphatic carbocycles. The van der Waals surface area contributed by atoms with E-state index in [-0.39, 0.29) is 12.2 Å². The third-order valence-electron chi connectivity index (χ3n) is 2.85. The predicted molar refractivity (Wildman–Crippen MR) is 73.1 cm³/mol. The second-order valence-electron chi connectivity index (χ2n) is 4.21. The molecule has 0 atom stereocenters. The molecule has 0 aromatic carbocycles. The summed E-state index contributed by atoms with van der Waals surface area (Å²) >= 11 is 0. The molecule has 0 unspecified atom stereocenters. The number of nitrogens with zero attached hydrogens (tertiary/aromatic N) is 2. The van der Waals surface area contributed by atoms with Gasteiger partial charge in [0.05, 0.1) is 6.61 Å². The fraction of sp³-hybridized carbons (Fsp3) is 0.308.